The fourth-order valence-electron chi connectivity index (χ4n) is 5.63. The molecule has 2 bridgehead atoms. The highest BCUT2D eigenvalue weighted by Gasteiger charge is 2.49. The highest BCUT2D eigenvalue weighted by atomic mass is 16.3. The minimum absolute atomic E-state index is 0.0210. The molecule has 2 N–H and O–H groups in total. The predicted octanol–water partition coefficient (Wildman–Crippen LogP) is 1.33. The van der Waals surface area contributed by atoms with Crippen molar-refractivity contribution in [1.29, 1.82) is 0 Å². The molecule has 1 aromatic heterocycles. The number of hydrogen-bond donors (Lipinski definition) is 2. The van der Waals surface area contributed by atoms with Gasteiger partial charge in [-0.15, -0.1) is 0 Å². The third-order valence-corrected chi connectivity index (χ3v) is 6.90. The summed E-state index contributed by atoms with van der Waals surface area (Å²) in [5, 5.41) is 18.3. The Morgan fingerprint density at radius 3 is 2.93 bits per heavy atom. The molecule has 2 amide bonds. The Morgan fingerprint density at radius 1 is 1.25 bits per heavy atom. The second-order valence-electron chi connectivity index (χ2n) is 8.46. The second-order valence-corrected chi connectivity index (χ2v) is 8.46. The monoisotopic (exact) mass is 382 g/mol. The lowest BCUT2D eigenvalue weighted by atomic mass is 9.72. The van der Waals surface area contributed by atoms with Crippen LogP contribution in [0.1, 0.15) is 31.4 Å². The molecule has 148 valence electrons. The van der Waals surface area contributed by atoms with E-state index in [2.05, 4.69) is 10.2 Å². The van der Waals surface area contributed by atoms with E-state index in [-0.39, 0.29) is 36.4 Å². The van der Waals surface area contributed by atoms with Crippen molar-refractivity contribution < 1.29 is 14.7 Å². The number of nitrogens with zero attached hydrogens (tertiary/aromatic N) is 3. The number of likely N-dealkylation sites (tertiary alicyclic amines) is 1. The number of piperidine rings is 3. The number of carbonyl (C=O) groups excluding carboxylic acids is 2. The van der Waals surface area contributed by atoms with Crippen LogP contribution in [-0.4, -0.2) is 68.7 Å². The number of aliphatic hydroxyl groups excluding tert-OH is 1. The molecule has 4 atom stereocenters. The maximum atomic E-state index is 13.1. The van der Waals surface area contributed by atoms with Gasteiger partial charge in [0.15, 0.2) is 0 Å². The molecule has 7 heteroatoms. The lowest BCUT2D eigenvalue weighted by Crippen LogP contribution is -2.66. The first-order chi connectivity index (χ1) is 13.7. The van der Waals surface area contributed by atoms with Crippen LogP contribution in [0.15, 0.2) is 24.3 Å². The molecular weight excluding hydrogens is 356 g/mol. The molecule has 3 aliphatic rings. The van der Waals surface area contributed by atoms with E-state index >= 15 is 0 Å². The third kappa shape index (κ3) is 2.80. The first-order valence-corrected chi connectivity index (χ1v) is 10.3. The van der Waals surface area contributed by atoms with Gasteiger partial charge in [0.1, 0.15) is 0 Å². The van der Waals surface area contributed by atoms with Crippen molar-refractivity contribution in [2.45, 2.75) is 44.2 Å². The molecule has 7 nitrogen and oxygen atoms in total. The molecule has 2 aromatic rings. The fraction of sp³-hybridized carbons (Fsp3) is 0.571. The maximum Gasteiger partial charge on any atom is 0.228 e. The number of hydrogen-bond acceptors (Lipinski definition) is 4. The molecule has 4 heterocycles. The van der Waals surface area contributed by atoms with Crippen LogP contribution in [0.4, 0.5) is 0 Å². The summed E-state index contributed by atoms with van der Waals surface area (Å²) in [5.74, 6) is 0.739. The largest absolute Gasteiger partial charge is 0.394 e. The summed E-state index contributed by atoms with van der Waals surface area (Å²) in [7, 11) is 0. The van der Waals surface area contributed by atoms with Gasteiger partial charge in [0.05, 0.1) is 30.3 Å². The molecule has 0 aliphatic carbocycles. The van der Waals surface area contributed by atoms with E-state index in [1.54, 1.807) is 0 Å². The summed E-state index contributed by atoms with van der Waals surface area (Å²) < 4.78 is 0. The number of aliphatic hydroxyl groups is 1. The van der Waals surface area contributed by atoms with Crippen molar-refractivity contribution in [1.82, 2.24) is 20.0 Å². The molecule has 0 radical (unpaired) electrons. The molecule has 0 spiro atoms. The average Bonchev–Trinajstić information content (AvgIpc) is 3.12. The summed E-state index contributed by atoms with van der Waals surface area (Å²) in [6.07, 6.45) is 3.77. The van der Waals surface area contributed by atoms with Gasteiger partial charge in [-0.05, 0) is 37.2 Å². The van der Waals surface area contributed by atoms with Crippen molar-refractivity contribution in [3.05, 3.63) is 30.0 Å². The van der Waals surface area contributed by atoms with Gasteiger partial charge in [0, 0.05) is 30.9 Å². The Hall–Kier alpha value is -2.41. The fourth-order valence-corrected chi connectivity index (χ4v) is 5.63. The molecule has 28 heavy (non-hydrogen) atoms. The second kappa shape index (κ2) is 6.88. The van der Waals surface area contributed by atoms with Crippen LogP contribution in [0.3, 0.4) is 0 Å². The van der Waals surface area contributed by atoms with E-state index in [0.29, 0.717) is 31.8 Å². The Kier molecular flexibility index (Phi) is 4.34. The number of aromatic amines is 1. The zero-order chi connectivity index (χ0) is 19.3. The van der Waals surface area contributed by atoms with Crippen molar-refractivity contribution in [2.24, 2.45) is 11.8 Å². The van der Waals surface area contributed by atoms with E-state index in [1.165, 1.54) is 0 Å². The van der Waals surface area contributed by atoms with Crippen LogP contribution in [0, 0.1) is 11.8 Å². The smallest absolute Gasteiger partial charge is 0.228 e. The Balaban J connectivity index is 1.36. The zero-order valence-corrected chi connectivity index (χ0v) is 15.9. The summed E-state index contributed by atoms with van der Waals surface area (Å²) in [5.41, 5.74) is 1.72. The van der Waals surface area contributed by atoms with Crippen molar-refractivity contribution in [3.63, 3.8) is 0 Å². The quantitative estimate of drug-likeness (QED) is 0.838. The van der Waals surface area contributed by atoms with E-state index in [1.807, 2.05) is 34.1 Å². The molecular formula is C21H26N4O3. The lowest BCUT2D eigenvalue weighted by Gasteiger charge is -2.56. The van der Waals surface area contributed by atoms with Crippen LogP contribution in [-0.2, 0) is 16.0 Å². The van der Waals surface area contributed by atoms with Crippen LogP contribution in [0.2, 0.25) is 0 Å². The number of amides is 2. The molecule has 1 aromatic carbocycles. The van der Waals surface area contributed by atoms with Crippen LogP contribution in [0.25, 0.3) is 10.9 Å². The number of rotatable bonds is 3. The Bertz CT molecular complexity index is 896. The van der Waals surface area contributed by atoms with Crippen molar-refractivity contribution in [3.8, 4) is 0 Å². The topological polar surface area (TPSA) is 89.5 Å². The molecule has 5 rings (SSSR count). The number of para-hydroxylation sites is 1. The minimum atomic E-state index is -0.155. The van der Waals surface area contributed by atoms with Crippen molar-refractivity contribution >= 4 is 22.7 Å². The van der Waals surface area contributed by atoms with Gasteiger partial charge in [0.25, 0.3) is 0 Å². The number of benzene rings is 1. The molecule has 0 saturated carbocycles. The van der Waals surface area contributed by atoms with Crippen LogP contribution >= 0.6 is 0 Å². The van der Waals surface area contributed by atoms with E-state index in [0.717, 1.165) is 35.9 Å². The molecule has 3 saturated heterocycles. The number of nitrogens with one attached hydrogen (secondary N) is 1. The number of aromatic nitrogens is 2. The van der Waals surface area contributed by atoms with Gasteiger partial charge in [0.2, 0.25) is 11.8 Å². The first kappa shape index (κ1) is 17.7. The maximum absolute atomic E-state index is 13.1. The SMILES string of the molecule is O=C(Cc1[nH]nc2ccccc12)N1C[C@H]2C[C@@H](C1)[C@H](CO)N1C(=O)CCC[C@@H]21. The summed E-state index contributed by atoms with van der Waals surface area (Å²) in [6, 6.07) is 7.83. The number of carbonyl (C=O) groups is 2. The Morgan fingerprint density at radius 2 is 2.07 bits per heavy atom. The molecule has 3 fully saturated rings. The standard InChI is InChI=1S/C21H26N4O3/c26-12-19-14-8-13(18-6-3-7-20(27)25(18)19)10-24(11-14)21(28)9-17-15-4-1-2-5-16(15)22-23-17/h1-2,4-5,13-14,18-19,26H,3,6-12H2,(H,22,23)/t13-,14+,18+,19+/m1/s1. The van der Waals surface area contributed by atoms with E-state index in [4.69, 9.17) is 0 Å². The highest BCUT2D eigenvalue weighted by molar-refractivity contribution is 5.87. The summed E-state index contributed by atoms with van der Waals surface area (Å²) >= 11 is 0. The van der Waals surface area contributed by atoms with E-state index in [9.17, 15) is 14.7 Å². The summed E-state index contributed by atoms with van der Waals surface area (Å²) in [6.45, 7) is 1.30. The highest BCUT2D eigenvalue weighted by Crippen LogP contribution is 2.41. The van der Waals surface area contributed by atoms with Crippen LogP contribution in [0.5, 0.6) is 0 Å². The van der Waals surface area contributed by atoms with Gasteiger partial charge >= 0.3 is 0 Å². The van der Waals surface area contributed by atoms with Gasteiger partial charge in [-0.3, -0.25) is 14.7 Å². The van der Waals surface area contributed by atoms with E-state index < -0.39 is 0 Å². The predicted molar refractivity (Wildman–Crippen MR) is 103 cm³/mol. The van der Waals surface area contributed by atoms with Crippen LogP contribution < -0.4 is 0 Å². The number of fused-ring (bicyclic) bond motifs is 5. The Labute approximate surface area is 163 Å². The molecule has 3 aliphatic heterocycles. The molecule has 0 unspecified atom stereocenters. The van der Waals surface area contributed by atoms with Gasteiger partial charge in [-0.1, -0.05) is 18.2 Å². The van der Waals surface area contributed by atoms with Gasteiger partial charge < -0.3 is 14.9 Å². The van der Waals surface area contributed by atoms with Gasteiger partial charge in [-0.25, -0.2) is 0 Å². The lowest BCUT2D eigenvalue weighted by molar-refractivity contribution is -0.158. The summed E-state index contributed by atoms with van der Waals surface area (Å²) in [4.78, 5) is 29.5. The normalized spacial score (nSPS) is 29.8. The minimum Gasteiger partial charge on any atom is -0.394 e. The average molecular weight is 382 g/mol. The first-order valence-electron chi connectivity index (χ1n) is 10.3. The van der Waals surface area contributed by atoms with Gasteiger partial charge in [-0.2, -0.15) is 5.10 Å². The number of H-pyrrole nitrogens is 1. The zero-order valence-electron chi connectivity index (χ0n) is 15.9. The third-order valence-electron chi connectivity index (χ3n) is 6.90. The van der Waals surface area contributed by atoms with Crippen molar-refractivity contribution in [2.75, 3.05) is 19.7 Å².